The highest BCUT2D eigenvalue weighted by Crippen LogP contribution is 2.33. The Hall–Kier alpha value is -1.07. The molecule has 1 aliphatic rings. The molecule has 2 N–H and O–H groups in total. The number of phenols is 1. The van der Waals surface area contributed by atoms with Crippen LogP contribution in [0.2, 0.25) is 0 Å². The van der Waals surface area contributed by atoms with Crippen LogP contribution in [0.3, 0.4) is 0 Å². The van der Waals surface area contributed by atoms with Crippen molar-refractivity contribution in [2.75, 3.05) is 12.8 Å². The summed E-state index contributed by atoms with van der Waals surface area (Å²) in [5.74, 6) is -0.159. The van der Waals surface area contributed by atoms with Gasteiger partial charge in [-0.15, -0.1) is 0 Å². The zero-order chi connectivity index (χ0) is 11.8. The lowest BCUT2D eigenvalue weighted by atomic mass is 10.1. The summed E-state index contributed by atoms with van der Waals surface area (Å²) >= 11 is 0. The Labute approximate surface area is 95.2 Å². The van der Waals surface area contributed by atoms with Crippen molar-refractivity contribution >= 4 is 9.84 Å². The largest absolute Gasteiger partial charge is 0.507 e. The molecule has 1 saturated heterocycles. The summed E-state index contributed by atoms with van der Waals surface area (Å²) in [6.45, 7) is 0.892. The molecule has 1 heterocycles. The Morgan fingerprint density at radius 2 is 2.19 bits per heavy atom. The molecule has 5 heteroatoms. The topological polar surface area (TPSA) is 66.4 Å². The van der Waals surface area contributed by atoms with Crippen LogP contribution >= 0.6 is 0 Å². The summed E-state index contributed by atoms with van der Waals surface area (Å²) in [5, 5.41) is 12.9. The van der Waals surface area contributed by atoms with E-state index in [1.54, 1.807) is 12.1 Å². The molecule has 1 atom stereocenters. The number of benzene rings is 1. The van der Waals surface area contributed by atoms with Crippen molar-refractivity contribution in [2.24, 2.45) is 0 Å². The smallest absolute Gasteiger partial charge is 0.179 e. The quantitative estimate of drug-likeness (QED) is 0.817. The first-order valence-corrected chi connectivity index (χ1v) is 7.14. The number of sulfone groups is 1. The van der Waals surface area contributed by atoms with E-state index in [0.717, 1.165) is 25.6 Å². The van der Waals surface area contributed by atoms with Gasteiger partial charge in [-0.1, -0.05) is 12.1 Å². The van der Waals surface area contributed by atoms with E-state index < -0.39 is 9.84 Å². The highest BCUT2D eigenvalue weighted by molar-refractivity contribution is 7.90. The van der Waals surface area contributed by atoms with Crippen molar-refractivity contribution in [1.29, 1.82) is 0 Å². The number of hydrogen-bond donors (Lipinski definition) is 2. The maximum Gasteiger partial charge on any atom is 0.179 e. The van der Waals surface area contributed by atoms with Crippen LogP contribution in [-0.4, -0.2) is 26.3 Å². The fraction of sp³-hybridized carbons (Fsp3) is 0.455. The van der Waals surface area contributed by atoms with Gasteiger partial charge < -0.3 is 10.4 Å². The van der Waals surface area contributed by atoms with Gasteiger partial charge in [0.1, 0.15) is 10.6 Å². The van der Waals surface area contributed by atoms with Gasteiger partial charge in [-0.2, -0.15) is 0 Å². The fourth-order valence-electron chi connectivity index (χ4n) is 2.17. The molecule has 0 amide bonds. The van der Waals surface area contributed by atoms with Crippen LogP contribution in [0, 0.1) is 0 Å². The zero-order valence-electron chi connectivity index (χ0n) is 9.10. The summed E-state index contributed by atoms with van der Waals surface area (Å²) in [6, 6.07) is 4.89. The number of nitrogens with one attached hydrogen (secondary N) is 1. The highest BCUT2D eigenvalue weighted by atomic mass is 32.2. The summed E-state index contributed by atoms with van der Waals surface area (Å²) in [7, 11) is -3.39. The van der Waals surface area contributed by atoms with E-state index in [-0.39, 0.29) is 16.7 Å². The van der Waals surface area contributed by atoms with Gasteiger partial charge in [0, 0.05) is 12.3 Å². The first-order chi connectivity index (χ1) is 7.50. The molecule has 0 aliphatic carbocycles. The molecule has 0 radical (unpaired) electrons. The maximum absolute atomic E-state index is 11.6. The average molecular weight is 241 g/mol. The van der Waals surface area contributed by atoms with Crippen LogP contribution in [0.5, 0.6) is 5.75 Å². The Bertz CT molecular complexity index is 490. The van der Waals surface area contributed by atoms with Gasteiger partial charge in [0.2, 0.25) is 0 Å². The van der Waals surface area contributed by atoms with E-state index in [0.29, 0.717) is 5.56 Å². The molecule has 4 nitrogen and oxygen atoms in total. The third-order valence-electron chi connectivity index (χ3n) is 2.83. The van der Waals surface area contributed by atoms with Crippen LogP contribution in [0.1, 0.15) is 24.4 Å². The zero-order valence-corrected chi connectivity index (χ0v) is 9.92. The van der Waals surface area contributed by atoms with Gasteiger partial charge in [-0.05, 0) is 31.0 Å². The normalized spacial score (nSPS) is 21.2. The Morgan fingerprint density at radius 3 is 2.75 bits per heavy atom. The molecule has 2 rings (SSSR count). The lowest BCUT2D eigenvalue weighted by Crippen LogP contribution is -2.16. The first kappa shape index (κ1) is 11.4. The molecule has 1 unspecified atom stereocenters. The fourth-order valence-corrected chi connectivity index (χ4v) is 3.26. The van der Waals surface area contributed by atoms with Crippen LogP contribution < -0.4 is 5.32 Å². The lowest BCUT2D eigenvalue weighted by Gasteiger charge is -2.15. The molecule has 1 aromatic carbocycles. The van der Waals surface area contributed by atoms with E-state index in [4.69, 9.17) is 0 Å². The second-order valence-corrected chi connectivity index (χ2v) is 6.07. The minimum Gasteiger partial charge on any atom is -0.507 e. The molecule has 1 fully saturated rings. The van der Waals surface area contributed by atoms with E-state index in [9.17, 15) is 13.5 Å². The van der Waals surface area contributed by atoms with E-state index in [1.165, 1.54) is 6.07 Å². The molecule has 0 bridgehead atoms. The van der Waals surface area contributed by atoms with Crippen LogP contribution in [0.15, 0.2) is 23.1 Å². The van der Waals surface area contributed by atoms with Crippen LogP contribution in [-0.2, 0) is 9.84 Å². The van der Waals surface area contributed by atoms with E-state index >= 15 is 0 Å². The lowest BCUT2D eigenvalue weighted by molar-refractivity contribution is 0.454. The Balaban J connectivity index is 2.56. The van der Waals surface area contributed by atoms with Crippen LogP contribution in [0.4, 0.5) is 0 Å². The van der Waals surface area contributed by atoms with Crippen molar-refractivity contribution in [1.82, 2.24) is 5.32 Å². The third-order valence-corrected chi connectivity index (χ3v) is 4.02. The molecule has 0 aromatic heterocycles. The van der Waals surface area contributed by atoms with Gasteiger partial charge in [-0.3, -0.25) is 0 Å². The van der Waals surface area contributed by atoms with Crippen molar-refractivity contribution in [3.05, 3.63) is 23.8 Å². The number of aromatic hydroxyl groups is 1. The van der Waals surface area contributed by atoms with Crippen molar-refractivity contribution in [3.8, 4) is 5.75 Å². The molecule has 0 saturated carbocycles. The van der Waals surface area contributed by atoms with Crippen molar-refractivity contribution in [3.63, 3.8) is 0 Å². The third kappa shape index (κ3) is 2.05. The van der Waals surface area contributed by atoms with Crippen LogP contribution in [0.25, 0.3) is 0 Å². The molecule has 16 heavy (non-hydrogen) atoms. The molecule has 88 valence electrons. The second-order valence-electron chi connectivity index (χ2n) is 4.12. The van der Waals surface area contributed by atoms with Crippen molar-refractivity contribution < 1.29 is 13.5 Å². The Kier molecular flexibility index (Phi) is 2.90. The van der Waals surface area contributed by atoms with E-state index in [1.807, 2.05) is 0 Å². The van der Waals surface area contributed by atoms with E-state index in [2.05, 4.69) is 5.32 Å². The molecular formula is C11H15NO3S. The first-order valence-electron chi connectivity index (χ1n) is 5.25. The molecule has 1 aliphatic heterocycles. The number of hydrogen-bond acceptors (Lipinski definition) is 4. The number of rotatable bonds is 2. The molecular weight excluding hydrogens is 226 g/mol. The summed E-state index contributed by atoms with van der Waals surface area (Å²) in [4.78, 5) is 0.0643. The minimum atomic E-state index is -3.39. The predicted molar refractivity (Wildman–Crippen MR) is 61.2 cm³/mol. The summed E-state index contributed by atoms with van der Waals surface area (Å²) in [5.41, 5.74) is 0.681. The Morgan fingerprint density at radius 1 is 1.44 bits per heavy atom. The van der Waals surface area contributed by atoms with Gasteiger partial charge in [0.25, 0.3) is 0 Å². The number of phenolic OH excluding ortho intramolecular Hbond substituents is 1. The summed E-state index contributed by atoms with van der Waals surface area (Å²) < 4.78 is 23.3. The maximum atomic E-state index is 11.6. The monoisotopic (exact) mass is 241 g/mol. The summed E-state index contributed by atoms with van der Waals surface area (Å²) in [6.07, 6.45) is 3.07. The van der Waals surface area contributed by atoms with Crippen molar-refractivity contribution in [2.45, 2.75) is 23.8 Å². The average Bonchev–Trinajstić information content (AvgIpc) is 2.67. The van der Waals surface area contributed by atoms with Gasteiger partial charge in [-0.25, -0.2) is 8.42 Å². The van der Waals surface area contributed by atoms with Gasteiger partial charge in [0.15, 0.2) is 9.84 Å². The minimum absolute atomic E-state index is 0.0387. The predicted octanol–water partition coefficient (Wildman–Crippen LogP) is 1.22. The SMILES string of the molecule is CS(=O)(=O)c1c(O)cccc1C1CCCN1. The van der Waals surface area contributed by atoms with Gasteiger partial charge >= 0.3 is 0 Å². The molecule has 1 aromatic rings. The second kappa shape index (κ2) is 4.07. The highest BCUT2D eigenvalue weighted by Gasteiger charge is 2.25. The molecule has 0 spiro atoms. The standard InChI is InChI=1S/C11H15NO3S/c1-16(14,15)11-8(4-2-6-10(11)13)9-5-3-7-12-9/h2,4,6,9,12-13H,3,5,7H2,1H3. The van der Waals surface area contributed by atoms with Gasteiger partial charge in [0.05, 0.1) is 0 Å².